The first-order chi connectivity index (χ1) is 16.4. The number of aromatic nitrogens is 5. The molecule has 2 heterocycles. The van der Waals surface area contributed by atoms with Gasteiger partial charge in [0.1, 0.15) is 0 Å². The Morgan fingerprint density at radius 2 is 1.60 bits per heavy atom. The lowest BCUT2D eigenvalue weighted by Crippen LogP contribution is -2.26. The molecule has 0 radical (unpaired) electrons. The number of benzene rings is 1. The molecule has 15 heteroatoms. The summed E-state index contributed by atoms with van der Waals surface area (Å²) in [7, 11) is 0. The number of nitrogens with two attached hydrogens (primary N) is 1. The second-order valence-corrected chi connectivity index (χ2v) is 6.79. The molecule has 0 saturated heterocycles. The molecule has 2 aromatic heterocycles. The number of hydrogen-bond donors (Lipinski definition) is 2. The van der Waals surface area contributed by atoms with E-state index in [0.29, 0.717) is 12.2 Å². The van der Waals surface area contributed by atoms with Gasteiger partial charge in [0.15, 0.2) is 0 Å². The monoisotopic (exact) mass is 502 g/mol. The molecule has 3 N–H and O–H groups in total. The van der Waals surface area contributed by atoms with Gasteiger partial charge in [-0.2, -0.15) is 31.3 Å². The number of rotatable bonds is 6. The third-order valence-corrected chi connectivity index (χ3v) is 4.51. The van der Waals surface area contributed by atoms with Crippen LogP contribution in [0.4, 0.5) is 22.0 Å². The Kier molecular flexibility index (Phi) is 8.77. The largest absolute Gasteiger partial charge is 0.490 e. The topological polar surface area (TPSA) is 138 Å². The van der Waals surface area contributed by atoms with Crippen molar-refractivity contribution in [1.29, 1.82) is 0 Å². The Morgan fingerprint density at radius 3 is 2.09 bits per heavy atom. The van der Waals surface area contributed by atoms with Crippen molar-refractivity contribution in [1.82, 2.24) is 24.4 Å². The lowest BCUT2D eigenvalue weighted by molar-refractivity contribution is -0.192. The summed E-state index contributed by atoms with van der Waals surface area (Å²) in [6.45, 7) is 1.64. The first kappa shape index (κ1) is 27.1. The fourth-order valence-electron chi connectivity index (χ4n) is 2.66. The Labute approximate surface area is 193 Å². The zero-order valence-electron chi connectivity index (χ0n) is 18.0. The van der Waals surface area contributed by atoms with Gasteiger partial charge in [-0.15, -0.1) is 0 Å². The van der Waals surface area contributed by atoms with E-state index in [1.54, 1.807) is 41.1 Å². The molecule has 0 unspecified atom stereocenters. The summed E-state index contributed by atoms with van der Waals surface area (Å²) in [6, 6.07) is 10.1. The summed E-state index contributed by atoms with van der Waals surface area (Å²) in [5.74, 6) is -2.76. The van der Waals surface area contributed by atoms with Crippen molar-refractivity contribution < 1.29 is 31.9 Å². The molecule has 0 spiro atoms. The fourth-order valence-corrected chi connectivity index (χ4v) is 2.66. The van der Waals surface area contributed by atoms with E-state index in [4.69, 9.17) is 15.6 Å². The highest BCUT2D eigenvalue weighted by molar-refractivity contribution is 5.73. The van der Waals surface area contributed by atoms with Crippen LogP contribution in [0, 0.1) is 0 Å². The summed E-state index contributed by atoms with van der Waals surface area (Å²) < 4.78 is 60.6. The second-order valence-electron chi connectivity index (χ2n) is 6.79. The number of carbonyl (C=O) groups is 1. The average molecular weight is 502 g/mol. The zero-order valence-corrected chi connectivity index (χ0v) is 18.0. The van der Waals surface area contributed by atoms with Crippen LogP contribution in [0.3, 0.4) is 0 Å². The molecule has 0 aliphatic heterocycles. The average Bonchev–Trinajstić information content (AvgIpc) is 3.17. The molecule has 35 heavy (non-hydrogen) atoms. The van der Waals surface area contributed by atoms with E-state index in [1.165, 1.54) is 6.07 Å². The number of nitrogens with zero attached hydrogens (tertiary/aromatic N) is 5. The number of carboxylic acid groups (broad SMARTS) is 1. The lowest BCUT2D eigenvalue weighted by Gasteiger charge is -2.07. The number of tetrazole rings is 1. The number of alkyl halides is 3. The van der Waals surface area contributed by atoms with Crippen molar-refractivity contribution in [3.05, 3.63) is 75.1 Å². The molecular formula is C20H19F5N6O4. The summed E-state index contributed by atoms with van der Waals surface area (Å²) in [4.78, 5) is 33.0. The minimum atomic E-state index is -5.08. The van der Waals surface area contributed by atoms with Crippen LogP contribution >= 0.6 is 0 Å². The second kappa shape index (κ2) is 11.3. The zero-order chi connectivity index (χ0) is 26.3. The van der Waals surface area contributed by atoms with E-state index in [1.807, 2.05) is 6.92 Å². The van der Waals surface area contributed by atoms with Crippen molar-refractivity contribution in [2.45, 2.75) is 26.2 Å². The van der Waals surface area contributed by atoms with Gasteiger partial charge in [0.2, 0.25) is 0 Å². The van der Waals surface area contributed by atoms with Crippen LogP contribution in [-0.2, 0) is 17.9 Å². The van der Waals surface area contributed by atoms with Gasteiger partial charge in [0, 0.05) is 30.9 Å². The number of pyridine rings is 1. The van der Waals surface area contributed by atoms with Gasteiger partial charge in [-0.1, -0.05) is 12.1 Å². The molecule has 188 valence electrons. The number of aryl methyl sites for hydroxylation is 1. The number of carboxylic acids is 1. The highest BCUT2D eigenvalue weighted by Gasteiger charge is 2.38. The van der Waals surface area contributed by atoms with Crippen molar-refractivity contribution in [3.8, 4) is 16.8 Å². The first-order valence-corrected chi connectivity index (χ1v) is 9.76. The minimum Gasteiger partial charge on any atom is -0.475 e. The van der Waals surface area contributed by atoms with Gasteiger partial charge >= 0.3 is 17.8 Å². The molecule has 0 aliphatic carbocycles. The van der Waals surface area contributed by atoms with E-state index in [2.05, 4.69) is 10.4 Å². The Morgan fingerprint density at radius 1 is 1.03 bits per heavy atom. The predicted octanol–water partition coefficient (Wildman–Crippen LogP) is 2.02. The SMILES string of the molecule is CCn1cc(-c2ccc(-n3nnn(CC(CN)=C(F)F)c3=O)cc2)ccc1=O.O=C(O)C(F)(F)F. The van der Waals surface area contributed by atoms with Crippen LogP contribution in [0.25, 0.3) is 16.8 Å². The van der Waals surface area contributed by atoms with Gasteiger partial charge < -0.3 is 15.4 Å². The minimum absolute atomic E-state index is 0.0818. The molecule has 0 fully saturated rings. The van der Waals surface area contributed by atoms with Crippen LogP contribution in [0.15, 0.2) is 63.8 Å². The third-order valence-electron chi connectivity index (χ3n) is 4.51. The van der Waals surface area contributed by atoms with Crippen LogP contribution in [0.1, 0.15) is 6.92 Å². The van der Waals surface area contributed by atoms with Crippen molar-refractivity contribution in [3.63, 3.8) is 0 Å². The molecule has 0 atom stereocenters. The van der Waals surface area contributed by atoms with Gasteiger partial charge in [-0.05, 0) is 46.7 Å². The fraction of sp³-hybridized carbons (Fsp3) is 0.250. The number of hydrogen-bond acceptors (Lipinski definition) is 6. The highest BCUT2D eigenvalue weighted by Crippen LogP contribution is 2.19. The standard InChI is InChI=1S/C18H18F2N6O2.C2HF3O2/c1-2-24-10-13(5-8-16(24)27)12-3-6-15(7-4-12)26-18(28)25(22-23-26)11-14(9-21)17(19)20;3-2(4,5)1(6)7/h3-8,10H,2,9,11,21H2,1H3;(H,6,7). The molecule has 3 aromatic rings. The van der Waals surface area contributed by atoms with E-state index in [-0.39, 0.29) is 17.7 Å². The smallest absolute Gasteiger partial charge is 0.475 e. The maximum Gasteiger partial charge on any atom is 0.490 e. The van der Waals surface area contributed by atoms with Crippen LogP contribution in [0.2, 0.25) is 0 Å². The Hall–Kier alpha value is -4.14. The number of halogens is 5. The molecule has 0 bridgehead atoms. The molecular weight excluding hydrogens is 483 g/mol. The van der Waals surface area contributed by atoms with Gasteiger partial charge in [0.05, 0.1) is 12.2 Å². The summed E-state index contributed by atoms with van der Waals surface area (Å²) in [5.41, 5.74) is 6.27. The quantitative estimate of drug-likeness (QED) is 0.492. The maximum absolute atomic E-state index is 12.7. The van der Waals surface area contributed by atoms with Crippen molar-refractivity contribution >= 4 is 5.97 Å². The third kappa shape index (κ3) is 6.92. The molecule has 0 saturated carbocycles. The van der Waals surface area contributed by atoms with Crippen molar-refractivity contribution in [2.75, 3.05) is 6.54 Å². The van der Waals surface area contributed by atoms with Gasteiger partial charge in [-0.3, -0.25) is 4.79 Å². The summed E-state index contributed by atoms with van der Waals surface area (Å²) >= 11 is 0. The predicted molar refractivity (Wildman–Crippen MR) is 113 cm³/mol. The van der Waals surface area contributed by atoms with Crippen molar-refractivity contribution in [2.24, 2.45) is 5.73 Å². The van der Waals surface area contributed by atoms with Crippen LogP contribution in [-0.4, -0.2) is 48.2 Å². The molecule has 0 amide bonds. The first-order valence-electron chi connectivity index (χ1n) is 9.76. The highest BCUT2D eigenvalue weighted by atomic mass is 19.4. The molecule has 1 aromatic carbocycles. The Balaban J connectivity index is 0.000000540. The maximum atomic E-state index is 12.7. The molecule has 10 nitrogen and oxygen atoms in total. The Bertz CT molecular complexity index is 1320. The molecule has 0 aliphatic rings. The van der Waals surface area contributed by atoms with Gasteiger partial charge in [0.25, 0.3) is 11.6 Å². The summed E-state index contributed by atoms with van der Waals surface area (Å²) in [5, 5.41) is 14.5. The lowest BCUT2D eigenvalue weighted by atomic mass is 10.1. The van der Waals surface area contributed by atoms with E-state index in [9.17, 15) is 31.5 Å². The van der Waals surface area contributed by atoms with E-state index >= 15 is 0 Å². The van der Waals surface area contributed by atoms with Gasteiger partial charge in [-0.25, -0.2) is 9.59 Å². The normalized spacial score (nSPS) is 10.9. The van der Waals surface area contributed by atoms with Crippen LogP contribution < -0.4 is 17.0 Å². The van der Waals surface area contributed by atoms with E-state index in [0.717, 1.165) is 20.5 Å². The van der Waals surface area contributed by atoms with E-state index < -0.39 is 30.5 Å². The molecule has 3 rings (SSSR count). The van der Waals surface area contributed by atoms with Crippen LogP contribution in [0.5, 0.6) is 0 Å². The summed E-state index contributed by atoms with van der Waals surface area (Å²) in [6.07, 6.45) is -5.26. The number of aliphatic carboxylic acids is 1.